The Morgan fingerprint density at radius 3 is 0.811 bits per heavy atom. The molecule has 8 aromatic carbocycles. The number of rotatable bonds is 2. The Hall–Kier alpha value is -7.24. The van der Waals surface area contributed by atoms with Crippen LogP contribution in [-0.4, -0.2) is 0 Å². The molecule has 5 nitrogen and oxygen atoms in total. The molecule has 0 unspecified atom stereocenters. The molecule has 0 spiro atoms. The number of para-hydroxylation sites is 2. The highest BCUT2D eigenvalue weighted by molar-refractivity contribution is 6.17. The molecule has 0 radical (unpaired) electrons. The Morgan fingerprint density at radius 1 is 0.189 bits per heavy atom. The minimum Gasteiger partial charge on any atom is -0.456 e. The van der Waals surface area contributed by atoms with Crippen LogP contribution in [0.1, 0.15) is 0 Å². The van der Waals surface area contributed by atoms with Gasteiger partial charge in [0.05, 0.1) is 0 Å². The lowest BCUT2D eigenvalue weighted by molar-refractivity contribution is 0.655. The maximum Gasteiger partial charge on any atom is 0.139 e. The largest absolute Gasteiger partial charge is 0.456 e. The van der Waals surface area contributed by atoms with Crippen LogP contribution in [-0.2, 0) is 0 Å². The first-order chi connectivity index (χ1) is 26.2. The van der Waals surface area contributed by atoms with Gasteiger partial charge in [-0.15, -0.1) is 0 Å². The van der Waals surface area contributed by atoms with Crippen molar-refractivity contribution in [3.63, 3.8) is 0 Å². The normalized spacial score (nSPS) is 12.5. The summed E-state index contributed by atoms with van der Waals surface area (Å²) in [5.74, 6) is 0. The van der Waals surface area contributed by atoms with Crippen LogP contribution in [0.15, 0.2) is 168 Å². The predicted octanol–water partition coefficient (Wildman–Crippen LogP) is 14.5. The fourth-order valence-electron chi connectivity index (χ4n) is 8.49. The Labute approximate surface area is 298 Å². The standard InChI is InChI=1S/C48H24O5/c1-3-7-39-29(5-1)35-21-37-33-19-27(11-15-43(33)52-47(37)23-45(35)50-39)25-9-13-41-31(17-25)32-18-26(10-14-42(32)49-41)28-12-16-44-34(20-28)38-22-36-30-6-2-4-8-40(30)51-46(36)24-48(38)53-44/h1-24H. The summed E-state index contributed by atoms with van der Waals surface area (Å²) < 4.78 is 31.2. The maximum atomic E-state index is 6.35. The van der Waals surface area contributed by atoms with Gasteiger partial charge in [-0.2, -0.15) is 0 Å². The zero-order valence-electron chi connectivity index (χ0n) is 27.9. The van der Waals surface area contributed by atoms with E-state index in [1.54, 1.807) is 0 Å². The van der Waals surface area contributed by atoms with Crippen molar-refractivity contribution in [3.05, 3.63) is 146 Å². The van der Waals surface area contributed by atoms with Crippen molar-refractivity contribution in [1.82, 2.24) is 0 Å². The van der Waals surface area contributed by atoms with Gasteiger partial charge in [-0.1, -0.05) is 60.7 Å². The van der Waals surface area contributed by atoms with Crippen LogP contribution < -0.4 is 0 Å². The lowest BCUT2D eigenvalue weighted by atomic mass is 9.98. The van der Waals surface area contributed by atoms with Gasteiger partial charge in [-0.05, 0) is 95.1 Å². The first kappa shape index (κ1) is 27.5. The number of hydrogen-bond donors (Lipinski definition) is 0. The Balaban J connectivity index is 0.937. The maximum absolute atomic E-state index is 6.35. The zero-order valence-corrected chi connectivity index (χ0v) is 27.9. The van der Waals surface area contributed by atoms with Crippen molar-refractivity contribution in [2.45, 2.75) is 0 Å². The van der Waals surface area contributed by atoms with Crippen LogP contribution in [0, 0.1) is 0 Å². The lowest BCUT2D eigenvalue weighted by Gasteiger charge is -2.04. The van der Waals surface area contributed by atoms with Crippen LogP contribution >= 0.6 is 0 Å². The van der Waals surface area contributed by atoms with E-state index in [2.05, 4.69) is 97.1 Å². The fourth-order valence-corrected chi connectivity index (χ4v) is 8.49. The van der Waals surface area contributed by atoms with Gasteiger partial charge in [0.1, 0.15) is 55.8 Å². The van der Waals surface area contributed by atoms with E-state index in [9.17, 15) is 0 Å². The van der Waals surface area contributed by atoms with Crippen LogP contribution in [0.25, 0.3) is 132 Å². The van der Waals surface area contributed by atoms with Crippen molar-refractivity contribution < 1.29 is 22.1 Å². The molecule has 0 aliphatic carbocycles. The molecule has 13 rings (SSSR count). The molecular weight excluding hydrogens is 657 g/mol. The molecule has 0 aliphatic rings. The third kappa shape index (κ3) is 3.80. The van der Waals surface area contributed by atoms with Gasteiger partial charge >= 0.3 is 0 Å². The molecule has 13 aromatic rings. The molecule has 0 bridgehead atoms. The molecule has 0 atom stereocenters. The number of benzene rings is 8. The summed E-state index contributed by atoms with van der Waals surface area (Å²) >= 11 is 0. The van der Waals surface area contributed by atoms with Gasteiger partial charge in [0, 0.05) is 66.0 Å². The van der Waals surface area contributed by atoms with E-state index in [4.69, 9.17) is 22.1 Å². The minimum absolute atomic E-state index is 0.817. The molecule has 5 heterocycles. The third-order valence-corrected chi connectivity index (χ3v) is 11.1. The second-order valence-corrected chi connectivity index (χ2v) is 14.0. The SMILES string of the molecule is c1ccc2c(c1)oc1cc3oc4ccc(-c5ccc6oc7ccc(-c8ccc9oc%10cc%11oc%12ccccc%12c%11cc%10c9c8)cc7c6c5)cc4c3cc12. The van der Waals surface area contributed by atoms with Crippen molar-refractivity contribution in [2.75, 3.05) is 0 Å². The highest BCUT2D eigenvalue weighted by atomic mass is 16.4. The van der Waals surface area contributed by atoms with Gasteiger partial charge < -0.3 is 22.1 Å². The Morgan fingerprint density at radius 2 is 0.453 bits per heavy atom. The van der Waals surface area contributed by atoms with Gasteiger partial charge in [0.15, 0.2) is 0 Å². The molecule has 0 N–H and O–H groups in total. The second-order valence-electron chi connectivity index (χ2n) is 14.0. The quantitative estimate of drug-likeness (QED) is 0.182. The van der Waals surface area contributed by atoms with E-state index in [1.165, 1.54) is 0 Å². The minimum atomic E-state index is 0.817. The van der Waals surface area contributed by atoms with E-state index in [0.29, 0.717) is 0 Å². The highest BCUT2D eigenvalue weighted by Gasteiger charge is 2.17. The van der Waals surface area contributed by atoms with Crippen LogP contribution in [0.4, 0.5) is 0 Å². The summed E-state index contributed by atoms with van der Waals surface area (Å²) in [6, 6.07) is 50.5. The van der Waals surface area contributed by atoms with Gasteiger partial charge in [-0.3, -0.25) is 0 Å². The summed E-state index contributed by atoms with van der Waals surface area (Å²) in [7, 11) is 0. The van der Waals surface area contributed by atoms with Crippen LogP contribution in [0.5, 0.6) is 0 Å². The molecule has 53 heavy (non-hydrogen) atoms. The van der Waals surface area contributed by atoms with Crippen LogP contribution in [0.2, 0.25) is 0 Å². The summed E-state index contributed by atoms with van der Waals surface area (Å²) in [5.41, 5.74) is 12.9. The summed E-state index contributed by atoms with van der Waals surface area (Å²) in [5, 5.41) is 10.8. The summed E-state index contributed by atoms with van der Waals surface area (Å²) in [4.78, 5) is 0. The van der Waals surface area contributed by atoms with E-state index in [-0.39, 0.29) is 0 Å². The molecule has 5 aromatic heterocycles. The van der Waals surface area contributed by atoms with Crippen molar-refractivity contribution in [2.24, 2.45) is 0 Å². The third-order valence-electron chi connectivity index (χ3n) is 11.1. The zero-order chi connectivity index (χ0) is 34.4. The number of fused-ring (bicyclic) bond motifs is 15. The van der Waals surface area contributed by atoms with Crippen molar-refractivity contribution in [1.29, 1.82) is 0 Å². The lowest BCUT2D eigenvalue weighted by Crippen LogP contribution is -1.80. The molecule has 0 saturated carbocycles. The van der Waals surface area contributed by atoms with E-state index >= 15 is 0 Å². The van der Waals surface area contributed by atoms with Crippen molar-refractivity contribution >= 4 is 110 Å². The topological polar surface area (TPSA) is 65.7 Å². The van der Waals surface area contributed by atoms with Crippen LogP contribution in [0.3, 0.4) is 0 Å². The number of hydrogen-bond acceptors (Lipinski definition) is 5. The molecule has 0 amide bonds. The smallest absolute Gasteiger partial charge is 0.139 e. The molecule has 0 saturated heterocycles. The predicted molar refractivity (Wildman–Crippen MR) is 214 cm³/mol. The molecule has 0 fully saturated rings. The Kier molecular flexibility index (Phi) is 5.06. The fraction of sp³-hybridized carbons (Fsp3) is 0. The first-order valence-electron chi connectivity index (χ1n) is 17.7. The average molecular weight is 681 g/mol. The van der Waals surface area contributed by atoms with Gasteiger partial charge in [-0.25, -0.2) is 0 Å². The second kappa shape index (κ2) is 9.75. The molecular formula is C48H24O5. The summed E-state index contributed by atoms with van der Waals surface area (Å²) in [6.07, 6.45) is 0. The molecule has 246 valence electrons. The molecule has 5 heteroatoms. The molecule has 0 aliphatic heterocycles. The summed E-state index contributed by atoms with van der Waals surface area (Å²) in [6.45, 7) is 0. The van der Waals surface area contributed by atoms with E-state index in [0.717, 1.165) is 132 Å². The van der Waals surface area contributed by atoms with Gasteiger partial charge in [0.25, 0.3) is 0 Å². The van der Waals surface area contributed by atoms with Crippen molar-refractivity contribution in [3.8, 4) is 22.3 Å². The average Bonchev–Trinajstić information content (AvgIpc) is 4.01. The number of furan rings is 5. The first-order valence-corrected chi connectivity index (χ1v) is 17.7. The Bertz CT molecular complexity index is 3450. The van der Waals surface area contributed by atoms with Gasteiger partial charge in [0.2, 0.25) is 0 Å². The van der Waals surface area contributed by atoms with E-state index < -0.39 is 0 Å². The van der Waals surface area contributed by atoms with E-state index in [1.807, 2.05) is 48.5 Å². The highest BCUT2D eigenvalue weighted by Crippen LogP contribution is 2.41. The monoisotopic (exact) mass is 680 g/mol.